The van der Waals surface area contributed by atoms with E-state index < -0.39 is 0 Å². The predicted molar refractivity (Wildman–Crippen MR) is 148 cm³/mol. The highest BCUT2D eigenvalue weighted by Gasteiger charge is 2.49. The smallest absolute Gasteiger partial charge is 0.169 e. The summed E-state index contributed by atoms with van der Waals surface area (Å²) in [5, 5.41) is 0. The Hall–Kier alpha value is -1.98. The molecule has 0 aromatic heterocycles. The molecule has 5 heteroatoms. The number of carbonyl (C=O) groups excluding carboxylic acids is 2. The van der Waals surface area contributed by atoms with Gasteiger partial charge < -0.3 is 4.74 Å². The molecule has 0 spiro atoms. The van der Waals surface area contributed by atoms with Crippen LogP contribution in [0.2, 0.25) is 0 Å². The Morgan fingerprint density at radius 3 is 1.36 bits per heavy atom. The van der Waals surface area contributed by atoms with E-state index >= 15 is 0 Å². The van der Waals surface area contributed by atoms with Crippen molar-refractivity contribution in [2.24, 2.45) is 11.8 Å². The van der Waals surface area contributed by atoms with Crippen molar-refractivity contribution < 1.29 is 14.3 Å². The van der Waals surface area contributed by atoms with Crippen molar-refractivity contribution in [3.05, 3.63) is 35.4 Å². The Morgan fingerprint density at radius 2 is 1.06 bits per heavy atom. The lowest BCUT2D eigenvalue weighted by atomic mass is 9.68. The molecule has 3 rings (SSSR count). The Labute approximate surface area is 219 Å². The fourth-order valence-electron chi connectivity index (χ4n) is 6.68. The zero-order chi connectivity index (χ0) is 27.3. The highest BCUT2D eigenvalue weighted by Crippen LogP contribution is 2.44. The normalized spacial score (nSPS) is 24.2. The van der Waals surface area contributed by atoms with Crippen LogP contribution in [0.1, 0.15) is 86.6 Å². The standard InChI is InChI=1S/C31H48N2O3/c1-28(2)17-22(18-29(3,4)32(28)9)26(34)25(16-21-12-14-24(36-11)15-13-21)27(35)23-19-30(5,6)33(10)31(7,8)20-23/h12-16,22-23H,17-20H2,1-11H3. The molecule has 0 amide bonds. The summed E-state index contributed by atoms with van der Waals surface area (Å²) in [6.07, 6.45) is 4.79. The summed E-state index contributed by atoms with van der Waals surface area (Å²) in [6.45, 7) is 17.6. The van der Waals surface area contributed by atoms with Gasteiger partial charge in [0, 0.05) is 34.0 Å². The minimum absolute atomic E-state index is 0.000363. The molecule has 36 heavy (non-hydrogen) atoms. The number of nitrogens with zero attached hydrogens (tertiary/aromatic N) is 2. The minimum Gasteiger partial charge on any atom is -0.497 e. The van der Waals surface area contributed by atoms with Crippen LogP contribution in [-0.2, 0) is 9.59 Å². The van der Waals surface area contributed by atoms with E-state index in [0.717, 1.165) is 37.0 Å². The van der Waals surface area contributed by atoms with Crippen molar-refractivity contribution in [1.82, 2.24) is 9.80 Å². The number of methoxy groups -OCH3 is 1. The molecule has 5 nitrogen and oxygen atoms in total. The Bertz CT molecular complexity index is 925. The summed E-state index contributed by atoms with van der Waals surface area (Å²) >= 11 is 0. The predicted octanol–water partition coefficient (Wildman–Crippen LogP) is 6.01. The number of carbonyl (C=O) groups is 2. The highest BCUT2D eigenvalue weighted by molar-refractivity contribution is 6.24. The first-order chi connectivity index (χ1) is 16.4. The van der Waals surface area contributed by atoms with Gasteiger partial charge in [0.1, 0.15) is 5.75 Å². The third-order valence-corrected chi connectivity index (χ3v) is 9.32. The van der Waals surface area contributed by atoms with E-state index in [0.29, 0.717) is 5.57 Å². The Kier molecular flexibility index (Phi) is 7.72. The van der Waals surface area contributed by atoms with Gasteiger partial charge in [-0.1, -0.05) is 12.1 Å². The van der Waals surface area contributed by atoms with E-state index in [4.69, 9.17) is 4.74 Å². The van der Waals surface area contributed by atoms with E-state index in [1.807, 2.05) is 30.3 Å². The molecule has 200 valence electrons. The van der Waals surface area contributed by atoms with Crippen molar-refractivity contribution in [1.29, 1.82) is 0 Å². The van der Waals surface area contributed by atoms with Gasteiger partial charge >= 0.3 is 0 Å². The summed E-state index contributed by atoms with van der Waals surface area (Å²) in [7, 11) is 5.92. The third-order valence-electron chi connectivity index (χ3n) is 9.32. The van der Waals surface area contributed by atoms with Gasteiger partial charge in [0.2, 0.25) is 0 Å². The van der Waals surface area contributed by atoms with Crippen molar-refractivity contribution in [3.8, 4) is 5.75 Å². The Morgan fingerprint density at radius 1 is 0.722 bits per heavy atom. The summed E-state index contributed by atoms with van der Waals surface area (Å²) in [5.74, 6) is 0.377. The maximum absolute atomic E-state index is 14.2. The molecule has 0 saturated carbocycles. The number of Topliss-reactive ketones (excluding diaryl/α,β-unsaturated/α-hetero) is 2. The summed E-state index contributed by atoms with van der Waals surface area (Å²) in [4.78, 5) is 33.2. The molecule has 0 unspecified atom stereocenters. The second-order valence-corrected chi connectivity index (χ2v) is 13.6. The maximum Gasteiger partial charge on any atom is 0.169 e. The molecular weight excluding hydrogens is 448 g/mol. The fourth-order valence-corrected chi connectivity index (χ4v) is 6.68. The summed E-state index contributed by atoms with van der Waals surface area (Å²) < 4.78 is 5.31. The van der Waals surface area contributed by atoms with Gasteiger partial charge in [-0.2, -0.15) is 0 Å². The molecule has 2 fully saturated rings. The topological polar surface area (TPSA) is 49.9 Å². The molecular formula is C31H48N2O3. The van der Waals surface area contributed by atoms with Crippen LogP contribution in [-0.4, -0.2) is 64.7 Å². The summed E-state index contributed by atoms with van der Waals surface area (Å²) in [5.41, 5.74) is 0.691. The molecule has 0 radical (unpaired) electrons. The molecule has 2 saturated heterocycles. The molecule has 0 N–H and O–H groups in total. The van der Waals surface area contributed by atoms with E-state index in [2.05, 4.69) is 79.3 Å². The number of hydrogen-bond donors (Lipinski definition) is 0. The minimum atomic E-state index is -0.188. The molecule has 0 aliphatic carbocycles. The number of ketones is 2. The van der Waals surface area contributed by atoms with Gasteiger partial charge in [-0.25, -0.2) is 0 Å². The molecule has 1 aromatic carbocycles. The lowest BCUT2D eigenvalue weighted by molar-refractivity contribution is -0.132. The number of rotatable bonds is 6. The third kappa shape index (κ3) is 5.62. The maximum atomic E-state index is 14.2. The lowest BCUT2D eigenvalue weighted by Crippen LogP contribution is -2.60. The second kappa shape index (κ2) is 9.72. The zero-order valence-electron chi connectivity index (χ0n) is 24.5. The van der Waals surface area contributed by atoms with Crippen molar-refractivity contribution in [3.63, 3.8) is 0 Å². The van der Waals surface area contributed by atoms with Gasteiger partial charge in [-0.05, 0) is 119 Å². The fraction of sp³-hybridized carbons (Fsp3) is 0.677. The Balaban J connectivity index is 2.03. The quantitative estimate of drug-likeness (QED) is 0.274. The van der Waals surface area contributed by atoms with Crippen LogP contribution < -0.4 is 4.74 Å². The lowest BCUT2D eigenvalue weighted by Gasteiger charge is -2.54. The van der Waals surface area contributed by atoms with E-state index in [1.165, 1.54) is 0 Å². The number of allylic oxidation sites excluding steroid dienone is 1. The molecule has 2 aliphatic heterocycles. The van der Waals surface area contributed by atoms with Crippen molar-refractivity contribution >= 4 is 17.6 Å². The van der Waals surface area contributed by atoms with Gasteiger partial charge in [0.25, 0.3) is 0 Å². The van der Waals surface area contributed by atoms with Crippen LogP contribution in [0.15, 0.2) is 29.8 Å². The molecule has 0 bridgehead atoms. The SMILES string of the molecule is COc1ccc(C=C(C(=O)C2CC(C)(C)N(C)C(C)(C)C2)C(=O)C2CC(C)(C)N(C)C(C)(C)C2)cc1. The molecule has 2 heterocycles. The first kappa shape index (κ1) is 28.6. The monoisotopic (exact) mass is 496 g/mol. The number of likely N-dealkylation sites (tertiary alicyclic amines) is 2. The van der Waals surface area contributed by atoms with Gasteiger partial charge in [-0.3, -0.25) is 19.4 Å². The number of benzene rings is 1. The first-order valence-electron chi connectivity index (χ1n) is 13.3. The number of piperidine rings is 2. The van der Waals surface area contributed by atoms with E-state index in [-0.39, 0.29) is 45.6 Å². The average Bonchev–Trinajstić information content (AvgIpc) is 2.78. The average molecular weight is 497 g/mol. The number of ether oxygens (including phenoxy) is 1. The van der Waals surface area contributed by atoms with Crippen LogP contribution in [0.4, 0.5) is 0 Å². The van der Waals surface area contributed by atoms with Gasteiger partial charge in [0.05, 0.1) is 12.7 Å². The summed E-state index contributed by atoms with van der Waals surface area (Å²) in [6, 6.07) is 7.60. The van der Waals surface area contributed by atoms with Crippen LogP contribution in [0.3, 0.4) is 0 Å². The molecule has 2 aliphatic rings. The second-order valence-electron chi connectivity index (χ2n) is 13.6. The van der Waals surface area contributed by atoms with E-state index in [9.17, 15) is 9.59 Å². The highest BCUT2D eigenvalue weighted by atomic mass is 16.5. The van der Waals surface area contributed by atoms with Crippen LogP contribution >= 0.6 is 0 Å². The van der Waals surface area contributed by atoms with Crippen LogP contribution in [0.25, 0.3) is 6.08 Å². The van der Waals surface area contributed by atoms with Gasteiger partial charge in [-0.15, -0.1) is 0 Å². The van der Waals surface area contributed by atoms with Crippen molar-refractivity contribution in [2.45, 2.75) is 103 Å². The van der Waals surface area contributed by atoms with Gasteiger partial charge in [0.15, 0.2) is 11.6 Å². The molecule has 0 atom stereocenters. The van der Waals surface area contributed by atoms with Crippen LogP contribution in [0.5, 0.6) is 5.75 Å². The van der Waals surface area contributed by atoms with Crippen LogP contribution in [0, 0.1) is 11.8 Å². The number of hydrogen-bond acceptors (Lipinski definition) is 5. The molecule has 1 aromatic rings. The van der Waals surface area contributed by atoms with Crippen molar-refractivity contribution in [2.75, 3.05) is 21.2 Å². The first-order valence-corrected chi connectivity index (χ1v) is 13.3. The largest absolute Gasteiger partial charge is 0.497 e. The zero-order valence-corrected chi connectivity index (χ0v) is 24.5. The van der Waals surface area contributed by atoms with E-state index in [1.54, 1.807) is 7.11 Å².